The molecule has 0 spiro atoms. The molecule has 0 unspecified atom stereocenters. The fourth-order valence-corrected chi connectivity index (χ4v) is 4.42. The van der Waals surface area contributed by atoms with E-state index in [0.717, 1.165) is 34.3 Å². The second-order valence-electron chi connectivity index (χ2n) is 8.36. The number of aromatic amines is 1. The average molecular weight is 546 g/mol. The van der Waals surface area contributed by atoms with E-state index in [-0.39, 0.29) is 18.4 Å². The first-order valence-electron chi connectivity index (χ1n) is 11.6. The number of halogens is 1. The molecule has 3 heterocycles. The van der Waals surface area contributed by atoms with Gasteiger partial charge in [-0.25, -0.2) is 9.97 Å². The van der Waals surface area contributed by atoms with Gasteiger partial charge >= 0.3 is 0 Å². The number of hydrogen-bond acceptors (Lipinski definition) is 5. The Bertz CT molecular complexity index is 1400. The van der Waals surface area contributed by atoms with Crippen LogP contribution in [0.1, 0.15) is 21.6 Å². The maximum atomic E-state index is 12.4. The molecule has 2 aromatic carbocycles. The third kappa shape index (κ3) is 5.46. The molecule has 5 rings (SSSR count). The molecule has 2 aromatic heterocycles. The first kappa shape index (κ1) is 23.7. The summed E-state index contributed by atoms with van der Waals surface area (Å²) < 4.78 is 6.70. The summed E-state index contributed by atoms with van der Waals surface area (Å²) in [4.78, 5) is 37.0. The molecule has 4 aromatic rings. The number of rotatable bonds is 8. The van der Waals surface area contributed by atoms with E-state index >= 15 is 0 Å². The van der Waals surface area contributed by atoms with E-state index in [4.69, 9.17) is 9.72 Å². The molecule has 0 saturated carbocycles. The highest BCUT2D eigenvalue weighted by Crippen LogP contribution is 2.32. The van der Waals surface area contributed by atoms with Gasteiger partial charge in [0.05, 0.1) is 22.5 Å². The molecule has 0 fully saturated rings. The normalized spacial score (nSPS) is 12.5. The maximum absolute atomic E-state index is 12.4. The Morgan fingerprint density at radius 3 is 2.78 bits per heavy atom. The van der Waals surface area contributed by atoms with Crippen LogP contribution >= 0.6 is 15.9 Å². The summed E-state index contributed by atoms with van der Waals surface area (Å²) in [6, 6.07) is 19.1. The van der Waals surface area contributed by atoms with E-state index in [9.17, 15) is 9.59 Å². The zero-order chi connectivity index (χ0) is 24.9. The Morgan fingerprint density at radius 2 is 1.94 bits per heavy atom. The second kappa shape index (κ2) is 10.7. The molecule has 9 heteroatoms. The van der Waals surface area contributed by atoms with Crippen LogP contribution in [0.5, 0.6) is 5.75 Å². The third-order valence-corrected chi connectivity index (χ3v) is 6.35. The molecule has 0 saturated heterocycles. The van der Waals surface area contributed by atoms with Gasteiger partial charge in [-0.1, -0.05) is 46.3 Å². The average Bonchev–Trinajstić information content (AvgIpc) is 3.35. The second-order valence-corrected chi connectivity index (χ2v) is 9.28. The predicted octanol–water partition coefficient (Wildman–Crippen LogP) is 3.92. The Kier molecular flexibility index (Phi) is 7.08. The number of hydrogen-bond donors (Lipinski definition) is 3. The summed E-state index contributed by atoms with van der Waals surface area (Å²) in [5, 5.41) is 5.74. The highest BCUT2D eigenvalue weighted by molar-refractivity contribution is 9.10. The SMILES string of the molecule is O=C(COc1ccc(Br)cc1-c1nccc(-c2cc3c([nH]2)CCNC3=O)n1)NCCc1ccccc1. The first-order valence-corrected chi connectivity index (χ1v) is 12.4. The fraction of sp³-hybridized carbons (Fsp3) is 0.185. The molecule has 36 heavy (non-hydrogen) atoms. The van der Waals surface area contributed by atoms with Crippen LogP contribution in [0.25, 0.3) is 22.8 Å². The predicted molar refractivity (Wildman–Crippen MR) is 140 cm³/mol. The monoisotopic (exact) mass is 545 g/mol. The molecule has 2 amide bonds. The highest BCUT2D eigenvalue weighted by Gasteiger charge is 2.21. The quantitative estimate of drug-likeness (QED) is 0.311. The number of nitrogens with zero attached hydrogens (tertiary/aromatic N) is 2. The number of benzene rings is 2. The van der Waals surface area contributed by atoms with Gasteiger partial charge in [0.25, 0.3) is 11.8 Å². The number of amides is 2. The third-order valence-electron chi connectivity index (χ3n) is 5.86. The van der Waals surface area contributed by atoms with Crippen LogP contribution in [-0.2, 0) is 17.6 Å². The summed E-state index contributed by atoms with van der Waals surface area (Å²) in [6.07, 6.45) is 3.16. The lowest BCUT2D eigenvalue weighted by molar-refractivity contribution is -0.123. The van der Waals surface area contributed by atoms with E-state index in [1.807, 2.05) is 48.5 Å². The number of carbonyl (C=O) groups excluding carboxylic acids is 2. The summed E-state index contributed by atoms with van der Waals surface area (Å²) in [6.45, 7) is 1.02. The van der Waals surface area contributed by atoms with Gasteiger partial charge in [-0.05, 0) is 42.3 Å². The van der Waals surface area contributed by atoms with E-state index in [2.05, 4.69) is 36.5 Å². The van der Waals surface area contributed by atoms with Crippen LogP contribution in [0.4, 0.5) is 0 Å². The van der Waals surface area contributed by atoms with Gasteiger partial charge in [0, 0.05) is 35.9 Å². The van der Waals surface area contributed by atoms with Crippen LogP contribution in [-0.4, -0.2) is 46.5 Å². The number of H-pyrrole nitrogens is 1. The lowest BCUT2D eigenvalue weighted by atomic mass is 10.1. The fourth-order valence-electron chi connectivity index (χ4n) is 4.06. The Hall–Kier alpha value is -3.98. The number of nitrogens with one attached hydrogen (secondary N) is 3. The van der Waals surface area contributed by atoms with Gasteiger partial charge in [0.1, 0.15) is 5.75 Å². The highest BCUT2D eigenvalue weighted by atomic mass is 79.9. The molecule has 0 atom stereocenters. The molecule has 0 aliphatic carbocycles. The Labute approximate surface area is 216 Å². The van der Waals surface area contributed by atoms with E-state index in [1.165, 1.54) is 0 Å². The topological polar surface area (TPSA) is 109 Å². The number of carbonyl (C=O) groups is 2. The number of ether oxygens (including phenoxy) is 1. The van der Waals surface area contributed by atoms with Gasteiger partial charge in [-0.15, -0.1) is 0 Å². The number of fused-ring (bicyclic) bond motifs is 1. The minimum Gasteiger partial charge on any atom is -0.483 e. The van der Waals surface area contributed by atoms with Gasteiger partial charge in [0.15, 0.2) is 12.4 Å². The zero-order valence-electron chi connectivity index (χ0n) is 19.4. The molecule has 3 N–H and O–H groups in total. The standard InChI is InChI=1S/C27H24BrN5O3/c28-18-6-7-24(36-16-25(34)29-11-8-17-4-2-1-3-5-17)20(14-18)26-30-12-10-22(33-26)23-15-19-21(32-23)9-13-31-27(19)35/h1-7,10,12,14-15,32H,8-9,11,13,16H2,(H,29,34)(H,31,35). The van der Waals surface area contributed by atoms with Crippen molar-refractivity contribution in [3.8, 4) is 28.5 Å². The zero-order valence-corrected chi connectivity index (χ0v) is 21.0. The van der Waals surface area contributed by atoms with Crippen molar-refractivity contribution < 1.29 is 14.3 Å². The molecule has 1 aliphatic heterocycles. The maximum Gasteiger partial charge on any atom is 0.257 e. The van der Waals surface area contributed by atoms with Crippen LogP contribution in [0, 0.1) is 0 Å². The number of aromatic nitrogens is 3. The largest absolute Gasteiger partial charge is 0.483 e. The Balaban J connectivity index is 1.30. The summed E-state index contributed by atoms with van der Waals surface area (Å²) >= 11 is 3.50. The lowest BCUT2D eigenvalue weighted by Crippen LogP contribution is -2.31. The first-order chi connectivity index (χ1) is 17.6. The van der Waals surface area contributed by atoms with E-state index in [1.54, 1.807) is 18.3 Å². The van der Waals surface area contributed by atoms with Crippen molar-refractivity contribution >= 4 is 27.7 Å². The van der Waals surface area contributed by atoms with Crippen molar-refractivity contribution in [2.24, 2.45) is 0 Å². The van der Waals surface area contributed by atoms with Crippen LogP contribution in [0.15, 0.2) is 71.3 Å². The van der Waals surface area contributed by atoms with Crippen LogP contribution in [0.2, 0.25) is 0 Å². The van der Waals surface area contributed by atoms with Gasteiger partial charge in [0.2, 0.25) is 0 Å². The molecule has 0 bridgehead atoms. The molecule has 8 nitrogen and oxygen atoms in total. The minimum atomic E-state index is -0.204. The molecule has 0 radical (unpaired) electrons. The van der Waals surface area contributed by atoms with E-state index < -0.39 is 0 Å². The van der Waals surface area contributed by atoms with Crippen molar-refractivity contribution in [1.29, 1.82) is 0 Å². The Morgan fingerprint density at radius 1 is 1.08 bits per heavy atom. The van der Waals surface area contributed by atoms with Crippen molar-refractivity contribution in [2.45, 2.75) is 12.8 Å². The van der Waals surface area contributed by atoms with Crippen LogP contribution < -0.4 is 15.4 Å². The molecule has 182 valence electrons. The summed E-state index contributed by atoms with van der Waals surface area (Å²) in [7, 11) is 0. The lowest BCUT2D eigenvalue weighted by Gasteiger charge is -2.12. The smallest absolute Gasteiger partial charge is 0.257 e. The minimum absolute atomic E-state index is 0.0854. The van der Waals surface area contributed by atoms with Gasteiger partial charge in [-0.3, -0.25) is 9.59 Å². The van der Waals surface area contributed by atoms with Crippen molar-refractivity contribution in [3.05, 3.63) is 88.2 Å². The van der Waals surface area contributed by atoms with Crippen molar-refractivity contribution in [3.63, 3.8) is 0 Å². The van der Waals surface area contributed by atoms with Crippen molar-refractivity contribution in [2.75, 3.05) is 19.7 Å². The van der Waals surface area contributed by atoms with Gasteiger partial charge < -0.3 is 20.4 Å². The van der Waals surface area contributed by atoms with Crippen LogP contribution in [0.3, 0.4) is 0 Å². The summed E-state index contributed by atoms with van der Waals surface area (Å²) in [5.74, 6) is 0.659. The van der Waals surface area contributed by atoms with Crippen molar-refractivity contribution in [1.82, 2.24) is 25.6 Å². The molecular weight excluding hydrogens is 522 g/mol. The molecular formula is C27H24BrN5O3. The van der Waals surface area contributed by atoms with Gasteiger partial charge in [-0.2, -0.15) is 0 Å². The molecule has 1 aliphatic rings. The van der Waals surface area contributed by atoms with E-state index in [0.29, 0.717) is 41.5 Å². The summed E-state index contributed by atoms with van der Waals surface area (Å²) in [5.41, 5.74) is 4.76.